The van der Waals surface area contributed by atoms with Crippen LogP contribution in [0.25, 0.3) is 0 Å². The Bertz CT molecular complexity index is 480. The van der Waals surface area contributed by atoms with E-state index in [4.69, 9.17) is 9.47 Å². The van der Waals surface area contributed by atoms with Crippen molar-refractivity contribution in [1.29, 1.82) is 0 Å². The second-order valence-corrected chi connectivity index (χ2v) is 9.13. The minimum Gasteiger partial charge on any atom is -0.385 e. The van der Waals surface area contributed by atoms with E-state index in [-0.39, 0.29) is 24.0 Å². The van der Waals surface area contributed by atoms with Gasteiger partial charge in [0.05, 0.1) is 6.10 Å². The first-order valence-electron chi connectivity index (χ1n) is 12.1. The average Bonchev–Trinajstić information content (AvgIpc) is 3.20. The van der Waals surface area contributed by atoms with E-state index >= 15 is 0 Å². The van der Waals surface area contributed by atoms with Crippen molar-refractivity contribution in [2.75, 3.05) is 60.1 Å². The predicted molar refractivity (Wildman–Crippen MR) is 135 cm³/mol. The summed E-state index contributed by atoms with van der Waals surface area (Å²) in [6.45, 7) is 7.30. The molecule has 1 atom stereocenters. The fraction of sp³-hybridized carbons (Fsp3) is 0.957. The Morgan fingerprint density at radius 2 is 1.73 bits per heavy atom. The molecule has 1 unspecified atom stereocenters. The van der Waals surface area contributed by atoms with Crippen molar-refractivity contribution in [3.05, 3.63) is 0 Å². The largest absolute Gasteiger partial charge is 0.385 e. The molecule has 1 aliphatic carbocycles. The van der Waals surface area contributed by atoms with Crippen molar-refractivity contribution < 1.29 is 9.47 Å². The van der Waals surface area contributed by atoms with Crippen LogP contribution in [0.5, 0.6) is 0 Å². The highest BCUT2D eigenvalue weighted by Gasteiger charge is 2.28. The van der Waals surface area contributed by atoms with Crippen LogP contribution < -0.4 is 5.32 Å². The van der Waals surface area contributed by atoms with E-state index in [9.17, 15) is 0 Å². The van der Waals surface area contributed by atoms with Gasteiger partial charge >= 0.3 is 0 Å². The summed E-state index contributed by atoms with van der Waals surface area (Å²) in [6.07, 6.45) is 13.5. The number of halogens is 1. The molecular formula is C23H45IN4O2. The number of likely N-dealkylation sites (tertiary alicyclic amines) is 2. The lowest BCUT2D eigenvalue weighted by molar-refractivity contribution is 0.00986. The summed E-state index contributed by atoms with van der Waals surface area (Å²) in [7, 11) is 3.67. The second kappa shape index (κ2) is 14.9. The first-order chi connectivity index (χ1) is 14.3. The number of methoxy groups -OCH3 is 1. The van der Waals surface area contributed by atoms with Gasteiger partial charge in [0.25, 0.3) is 0 Å². The Morgan fingerprint density at radius 1 is 0.967 bits per heavy atom. The molecule has 0 bridgehead atoms. The molecule has 3 fully saturated rings. The van der Waals surface area contributed by atoms with Crippen LogP contribution in [0.2, 0.25) is 0 Å². The molecule has 2 aliphatic heterocycles. The molecule has 0 amide bonds. The molecule has 0 spiro atoms. The van der Waals surface area contributed by atoms with E-state index in [2.05, 4.69) is 20.1 Å². The third-order valence-corrected chi connectivity index (χ3v) is 7.01. The number of piperidine rings is 1. The predicted octanol–water partition coefficient (Wildman–Crippen LogP) is 3.74. The summed E-state index contributed by atoms with van der Waals surface area (Å²) < 4.78 is 11.1. The SMILES string of the molecule is CN=C(NCC1CCCN1CC1CCCCC1)N1CCC(OCCCOC)CC1.I. The molecule has 1 saturated carbocycles. The Hall–Kier alpha value is -0.120. The van der Waals surface area contributed by atoms with E-state index in [1.807, 2.05) is 7.05 Å². The van der Waals surface area contributed by atoms with Crippen molar-refractivity contribution >= 4 is 29.9 Å². The van der Waals surface area contributed by atoms with Crippen LogP contribution in [0.3, 0.4) is 0 Å². The highest BCUT2D eigenvalue weighted by atomic mass is 127. The third kappa shape index (κ3) is 8.43. The lowest BCUT2D eigenvalue weighted by Crippen LogP contribution is -2.50. The molecule has 0 aromatic carbocycles. The quantitative estimate of drug-likeness (QED) is 0.211. The number of hydrogen-bond acceptors (Lipinski definition) is 4. The Balaban J connectivity index is 0.00000320. The van der Waals surface area contributed by atoms with Gasteiger partial charge in [-0.2, -0.15) is 0 Å². The van der Waals surface area contributed by atoms with Gasteiger partial charge in [0.1, 0.15) is 0 Å². The summed E-state index contributed by atoms with van der Waals surface area (Å²) in [6, 6.07) is 0.676. The third-order valence-electron chi connectivity index (χ3n) is 7.01. The number of rotatable bonds is 9. The van der Waals surface area contributed by atoms with Crippen LogP contribution in [0.1, 0.15) is 64.2 Å². The lowest BCUT2D eigenvalue weighted by Gasteiger charge is -2.35. The standard InChI is InChI=1S/C23H44N4O2.HI/c1-24-23(26-14-11-22(12-15-26)29-17-7-16-28-2)25-18-21-10-6-13-27(21)19-20-8-4-3-5-9-20;/h20-22H,3-19H2,1-2H3,(H,24,25);1H. The topological polar surface area (TPSA) is 49.3 Å². The molecule has 30 heavy (non-hydrogen) atoms. The van der Waals surface area contributed by atoms with Crippen LogP contribution in [-0.2, 0) is 9.47 Å². The number of ether oxygens (including phenoxy) is 2. The maximum Gasteiger partial charge on any atom is 0.193 e. The van der Waals surface area contributed by atoms with E-state index in [0.29, 0.717) is 12.1 Å². The average molecular weight is 537 g/mol. The molecule has 3 rings (SSSR count). The molecule has 2 saturated heterocycles. The van der Waals surface area contributed by atoms with Crippen LogP contribution in [0.15, 0.2) is 4.99 Å². The van der Waals surface area contributed by atoms with Gasteiger partial charge in [0, 0.05) is 59.6 Å². The fourth-order valence-corrected chi connectivity index (χ4v) is 5.30. The number of guanidine groups is 1. The summed E-state index contributed by atoms with van der Waals surface area (Å²) in [5, 5.41) is 3.70. The van der Waals surface area contributed by atoms with Crippen LogP contribution in [-0.4, -0.2) is 88.0 Å². The number of hydrogen-bond donors (Lipinski definition) is 1. The van der Waals surface area contributed by atoms with E-state index < -0.39 is 0 Å². The van der Waals surface area contributed by atoms with Crippen LogP contribution in [0, 0.1) is 5.92 Å². The first kappa shape index (κ1) is 26.1. The Morgan fingerprint density at radius 3 is 2.43 bits per heavy atom. The van der Waals surface area contributed by atoms with Crippen molar-refractivity contribution in [2.45, 2.75) is 76.4 Å². The minimum atomic E-state index is 0. The van der Waals surface area contributed by atoms with E-state index in [0.717, 1.165) is 64.0 Å². The number of nitrogens with one attached hydrogen (secondary N) is 1. The van der Waals surface area contributed by atoms with Crippen molar-refractivity contribution in [2.24, 2.45) is 10.9 Å². The number of nitrogens with zero attached hydrogens (tertiary/aromatic N) is 3. The maximum absolute atomic E-state index is 6.00. The molecule has 7 heteroatoms. The van der Waals surface area contributed by atoms with Gasteiger partial charge in [-0.25, -0.2) is 0 Å². The summed E-state index contributed by atoms with van der Waals surface area (Å²) >= 11 is 0. The summed E-state index contributed by atoms with van der Waals surface area (Å²) in [5.41, 5.74) is 0. The van der Waals surface area contributed by atoms with Gasteiger partial charge in [-0.1, -0.05) is 19.3 Å². The van der Waals surface area contributed by atoms with Crippen LogP contribution >= 0.6 is 24.0 Å². The molecule has 6 nitrogen and oxygen atoms in total. The van der Waals surface area contributed by atoms with Gasteiger partial charge in [-0.05, 0) is 57.4 Å². The zero-order valence-corrected chi connectivity index (χ0v) is 21.6. The van der Waals surface area contributed by atoms with E-state index in [1.165, 1.54) is 58.0 Å². The highest BCUT2D eigenvalue weighted by Crippen LogP contribution is 2.27. The molecule has 176 valence electrons. The molecule has 0 radical (unpaired) electrons. The number of aliphatic imine (C=N–C) groups is 1. The zero-order chi connectivity index (χ0) is 20.3. The van der Waals surface area contributed by atoms with Gasteiger partial charge in [-0.15, -0.1) is 24.0 Å². The normalized spacial score (nSPS) is 24.8. The van der Waals surface area contributed by atoms with Crippen molar-refractivity contribution in [1.82, 2.24) is 15.1 Å². The highest BCUT2D eigenvalue weighted by molar-refractivity contribution is 14.0. The minimum absolute atomic E-state index is 0. The maximum atomic E-state index is 6.00. The Labute approximate surface area is 201 Å². The second-order valence-electron chi connectivity index (χ2n) is 9.13. The summed E-state index contributed by atoms with van der Waals surface area (Å²) in [4.78, 5) is 9.75. The van der Waals surface area contributed by atoms with Gasteiger partial charge in [0.2, 0.25) is 0 Å². The van der Waals surface area contributed by atoms with Gasteiger partial charge in [-0.3, -0.25) is 9.89 Å². The van der Waals surface area contributed by atoms with Gasteiger partial charge < -0.3 is 19.7 Å². The molecule has 0 aromatic heterocycles. The van der Waals surface area contributed by atoms with Crippen molar-refractivity contribution in [3.8, 4) is 0 Å². The summed E-state index contributed by atoms with van der Waals surface area (Å²) in [5.74, 6) is 2.01. The fourth-order valence-electron chi connectivity index (χ4n) is 5.30. The molecule has 1 N–H and O–H groups in total. The molecular weight excluding hydrogens is 491 g/mol. The molecule has 0 aromatic rings. The lowest BCUT2D eigenvalue weighted by atomic mass is 9.89. The van der Waals surface area contributed by atoms with E-state index in [1.54, 1.807) is 7.11 Å². The molecule has 3 aliphatic rings. The zero-order valence-electron chi connectivity index (χ0n) is 19.3. The van der Waals surface area contributed by atoms with Gasteiger partial charge in [0.15, 0.2) is 5.96 Å². The van der Waals surface area contributed by atoms with Crippen molar-refractivity contribution in [3.63, 3.8) is 0 Å². The smallest absolute Gasteiger partial charge is 0.193 e. The Kier molecular flexibility index (Phi) is 12.9. The molecule has 2 heterocycles. The monoisotopic (exact) mass is 536 g/mol. The first-order valence-corrected chi connectivity index (χ1v) is 12.1. The van der Waals surface area contributed by atoms with Crippen LogP contribution in [0.4, 0.5) is 0 Å².